The molecular weight excluding hydrogens is 260 g/mol. The molecule has 3 nitrogen and oxygen atoms in total. The van der Waals surface area contributed by atoms with Crippen molar-refractivity contribution >= 4 is 21.9 Å². The number of hydrogen-bond acceptors (Lipinski definition) is 3. The first-order chi connectivity index (χ1) is 7.24. The van der Waals surface area contributed by atoms with Gasteiger partial charge in [0.05, 0.1) is 13.2 Å². The van der Waals surface area contributed by atoms with Gasteiger partial charge in [-0.05, 0) is 19.3 Å². The quantitative estimate of drug-likeness (QED) is 0.744. The van der Waals surface area contributed by atoms with Crippen molar-refractivity contribution in [2.24, 2.45) is 0 Å². The lowest BCUT2D eigenvalue weighted by Gasteiger charge is -2.18. The van der Waals surface area contributed by atoms with Crippen molar-refractivity contribution in [3.8, 4) is 0 Å². The van der Waals surface area contributed by atoms with Crippen LogP contribution in [0.15, 0.2) is 10.6 Å². The molecule has 0 bridgehead atoms. The third kappa shape index (κ3) is 4.80. The molecule has 0 aromatic heterocycles. The maximum atomic E-state index is 10.9. The molecule has 0 N–H and O–H groups in total. The van der Waals surface area contributed by atoms with Gasteiger partial charge < -0.3 is 9.47 Å². The molecule has 0 aliphatic heterocycles. The summed E-state index contributed by atoms with van der Waals surface area (Å²) in [6, 6.07) is 0. The number of esters is 1. The van der Waals surface area contributed by atoms with E-state index in [0.29, 0.717) is 0 Å². The minimum atomic E-state index is -0.322. The van der Waals surface area contributed by atoms with Gasteiger partial charge in [-0.3, -0.25) is 0 Å². The van der Waals surface area contributed by atoms with Crippen LogP contribution in [0.2, 0.25) is 0 Å². The van der Waals surface area contributed by atoms with Gasteiger partial charge in [-0.15, -0.1) is 0 Å². The Balaban J connectivity index is 2.42. The van der Waals surface area contributed by atoms with Crippen molar-refractivity contribution in [3.63, 3.8) is 0 Å². The van der Waals surface area contributed by atoms with Crippen molar-refractivity contribution in [2.75, 3.05) is 13.7 Å². The maximum absolute atomic E-state index is 10.9. The van der Waals surface area contributed by atoms with E-state index >= 15 is 0 Å². The molecule has 0 amide bonds. The average molecular weight is 277 g/mol. The maximum Gasteiger partial charge on any atom is 0.331 e. The molecule has 0 heterocycles. The summed E-state index contributed by atoms with van der Waals surface area (Å²) in [5.74, 6) is -0.322. The van der Waals surface area contributed by atoms with Crippen LogP contribution >= 0.6 is 15.9 Å². The number of carbonyl (C=O) groups excluding carboxylic acids is 1. The van der Waals surface area contributed by atoms with E-state index < -0.39 is 0 Å². The summed E-state index contributed by atoms with van der Waals surface area (Å²) in [4.78, 5) is 10.9. The minimum absolute atomic E-state index is 0.0180. The largest absolute Gasteiger partial charge is 0.467 e. The summed E-state index contributed by atoms with van der Waals surface area (Å²) < 4.78 is 11.1. The number of rotatable bonds is 3. The zero-order valence-electron chi connectivity index (χ0n) is 9.00. The molecule has 1 atom stereocenters. The van der Waals surface area contributed by atoms with Crippen LogP contribution < -0.4 is 0 Å². The van der Waals surface area contributed by atoms with E-state index in [2.05, 4.69) is 26.7 Å². The average Bonchev–Trinajstić information content (AvgIpc) is 2.22. The molecule has 0 saturated heterocycles. The highest BCUT2D eigenvalue weighted by atomic mass is 79.9. The lowest BCUT2D eigenvalue weighted by Crippen LogP contribution is -2.20. The Labute approximate surface area is 98.9 Å². The minimum Gasteiger partial charge on any atom is -0.467 e. The molecule has 0 radical (unpaired) electrons. The smallest absolute Gasteiger partial charge is 0.331 e. The Morgan fingerprint density at radius 2 is 2.33 bits per heavy atom. The molecular formula is C11H17BrO3. The summed E-state index contributed by atoms with van der Waals surface area (Å²) in [5, 5.41) is 0. The first kappa shape index (κ1) is 12.7. The topological polar surface area (TPSA) is 35.5 Å². The Morgan fingerprint density at radius 1 is 1.53 bits per heavy atom. The molecule has 0 aromatic rings. The molecule has 86 valence electrons. The van der Waals surface area contributed by atoms with Crippen LogP contribution in [0, 0.1) is 0 Å². The van der Waals surface area contributed by atoms with Crippen LogP contribution in [0.5, 0.6) is 0 Å². The number of ether oxygens (including phenoxy) is 2. The number of halogens is 1. The summed E-state index contributed by atoms with van der Waals surface area (Å²) in [7, 11) is 1.37. The van der Waals surface area contributed by atoms with Gasteiger partial charge in [-0.25, -0.2) is 4.79 Å². The molecule has 0 spiro atoms. The zero-order chi connectivity index (χ0) is 11.1. The molecule has 1 aliphatic carbocycles. The van der Waals surface area contributed by atoms with Gasteiger partial charge in [0, 0.05) is 4.48 Å². The van der Waals surface area contributed by atoms with Gasteiger partial charge in [0.25, 0.3) is 0 Å². The van der Waals surface area contributed by atoms with E-state index in [9.17, 15) is 4.79 Å². The predicted octanol–water partition coefficient (Wildman–Crippen LogP) is 2.79. The SMILES string of the molecule is COC(=O)COC1CCCCC/C=C\1Br. The lowest BCUT2D eigenvalue weighted by molar-refractivity contribution is -0.147. The van der Waals surface area contributed by atoms with Gasteiger partial charge in [-0.2, -0.15) is 0 Å². The molecule has 0 saturated carbocycles. The third-order valence-electron chi connectivity index (χ3n) is 2.45. The van der Waals surface area contributed by atoms with E-state index in [-0.39, 0.29) is 18.7 Å². The van der Waals surface area contributed by atoms with Crippen LogP contribution in [-0.4, -0.2) is 25.8 Å². The Hall–Kier alpha value is -0.350. The van der Waals surface area contributed by atoms with Crippen molar-refractivity contribution in [1.82, 2.24) is 0 Å². The second-order valence-electron chi connectivity index (χ2n) is 3.60. The Morgan fingerprint density at radius 3 is 3.07 bits per heavy atom. The molecule has 0 aromatic carbocycles. The van der Waals surface area contributed by atoms with Crippen molar-refractivity contribution in [2.45, 2.75) is 38.2 Å². The first-order valence-electron chi connectivity index (χ1n) is 5.28. The van der Waals surface area contributed by atoms with Gasteiger partial charge in [0.1, 0.15) is 6.61 Å². The number of methoxy groups -OCH3 is 1. The van der Waals surface area contributed by atoms with Gasteiger partial charge in [0.15, 0.2) is 0 Å². The highest BCUT2D eigenvalue weighted by Gasteiger charge is 2.15. The number of hydrogen-bond donors (Lipinski definition) is 0. The normalized spacial score (nSPS) is 26.0. The third-order valence-corrected chi connectivity index (χ3v) is 3.28. The van der Waals surface area contributed by atoms with Gasteiger partial charge in [-0.1, -0.05) is 34.8 Å². The molecule has 1 unspecified atom stereocenters. The summed E-state index contributed by atoms with van der Waals surface area (Å²) in [6.07, 6.45) is 7.82. The molecule has 1 rings (SSSR count). The van der Waals surface area contributed by atoms with Crippen LogP contribution in [0.25, 0.3) is 0 Å². The Kier molecular flexibility index (Phi) is 5.95. The Bertz CT molecular complexity index is 238. The fraction of sp³-hybridized carbons (Fsp3) is 0.727. The standard InChI is InChI=1S/C11H17BrO3/c1-14-11(13)8-15-10-7-5-3-2-4-6-9(10)12/h6,10H,2-5,7-8H2,1H3/b9-6+. The predicted molar refractivity (Wildman–Crippen MR) is 61.9 cm³/mol. The summed E-state index contributed by atoms with van der Waals surface area (Å²) >= 11 is 3.50. The van der Waals surface area contributed by atoms with E-state index in [0.717, 1.165) is 23.7 Å². The molecule has 0 fully saturated rings. The van der Waals surface area contributed by atoms with E-state index in [1.165, 1.54) is 20.0 Å². The number of carbonyl (C=O) groups is 1. The van der Waals surface area contributed by atoms with Crippen LogP contribution in [0.1, 0.15) is 32.1 Å². The van der Waals surface area contributed by atoms with Crippen molar-refractivity contribution in [3.05, 3.63) is 10.6 Å². The molecule has 4 heteroatoms. The molecule has 1 aliphatic rings. The second-order valence-corrected chi connectivity index (χ2v) is 4.52. The fourth-order valence-electron chi connectivity index (χ4n) is 1.55. The van der Waals surface area contributed by atoms with Crippen LogP contribution in [0.4, 0.5) is 0 Å². The first-order valence-corrected chi connectivity index (χ1v) is 6.07. The van der Waals surface area contributed by atoms with Crippen LogP contribution in [0.3, 0.4) is 0 Å². The summed E-state index contributed by atoms with van der Waals surface area (Å²) in [5.41, 5.74) is 0. The fourth-order valence-corrected chi connectivity index (χ4v) is 2.14. The monoisotopic (exact) mass is 276 g/mol. The van der Waals surface area contributed by atoms with Gasteiger partial charge >= 0.3 is 5.97 Å². The van der Waals surface area contributed by atoms with Crippen molar-refractivity contribution < 1.29 is 14.3 Å². The van der Waals surface area contributed by atoms with E-state index in [1.54, 1.807) is 0 Å². The molecule has 15 heavy (non-hydrogen) atoms. The number of allylic oxidation sites excluding steroid dienone is 1. The highest BCUT2D eigenvalue weighted by molar-refractivity contribution is 9.11. The highest BCUT2D eigenvalue weighted by Crippen LogP contribution is 2.24. The van der Waals surface area contributed by atoms with Gasteiger partial charge in [0.2, 0.25) is 0 Å². The van der Waals surface area contributed by atoms with Crippen molar-refractivity contribution in [1.29, 1.82) is 0 Å². The second kappa shape index (κ2) is 7.01. The van der Waals surface area contributed by atoms with Crippen LogP contribution in [-0.2, 0) is 14.3 Å². The van der Waals surface area contributed by atoms with E-state index in [4.69, 9.17) is 4.74 Å². The summed E-state index contributed by atoms with van der Waals surface area (Å²) in [6.45, 7) is 0.0319. The van der Waals surface area contributed by atoms with E-state index in [1.807, 2.05) is 0 Å². The zero-order valence-corrected chi connectivity index (χ0v) is 10.6. The lowest BCUT2D eigenvalue weighted by atomic mass is 10.0.